The minimum absolute atomic E-state index is 0.0254. The van der Waals surface area contributed by atoms with Gasteiger partial charge in [0.2, 0.25) is 5.91 Å². The number of hydrogen-bond donors (Lipinski definition) is 3. The first-order valence-electron chi connectivity index (χ1n) is 12.5. The number of carboxylic acid groups (broad SMARTS) is 1. The van der Waals surface area contributed by atoms with Gasteiger partial charge in [-0.3, -0.25) is 9.59 Å². The van der Waals surface area contributed by atoms with Crippen molar-refractivity contribution in [3.63, 3.8) is 0 Å². The topological polar surface area (TPSA) is 105 Å². The zero-order valence-corrected chi connectivity index (χ0v) is 20.3. The van der Waals surface area contributed by atoms with E-state index in [9.17, 15) is 19.5 Å². The lowest BCUT2D eigenvalue weighted by atomic mass is 9.96. The minimum Gasteiger partial charge on any atom is -0.481 e. The maximum Gasteiger partial charge on any atom is 0.407 e. The van der Waals surface area contributed by atoms with Crippen molar-refractivity contribution in [2.75, 3.05) is 13.2 Å². The molecule has 186 valence electrons. The van der Waals surface area contributed by atoms with E-state index in [0.29, 0.717) is 13.0 Å². The predicted molar refractivity (Wildman–Crippen MR) is 133 cm³/mol. The molecule has 2 aromatic rings. The Labute approximate surface area is 206 Å². The summed E-state index contributed by atoms with van der Waals surface area (Å²) in [5.74, 6) is -1.42. The third-order valence-corrected chi connectivity index (χ3v) is 7.39. The standard InChI is InChI=1S/C28H34N2O5/c1-17(2)25(14-26(31)29-15-18-8-7-13-19(18)27(32)33)30-28(34)35-16-24-22-11-5-3-9-20(22)21-10-4-6-12-23(21)24/h3-6,9-12,17-19,24-25H,7-8,13-16H2,1-2H3,(H,29,31)(H,30,34)(H,32,33)/t18?,19?,25-/m1/s1. The Hall–Kier alpha value is -3.35. The Morgan fingerprint density at radius 2 is 1.63 bits per heavy atom. The molecule has 2 aliphatic carbocycles. The maximum atomic E-state index is 12.7. The summed E-state index contributed by atoms with van der Waals surface area (Å²) in [7, 11) is 0. The summed E-state index contributed by atoms with van der Waals surface area (Å²) in [4.78, 5) is 36.6. The Balaban J connectivity index is 1.30. The van der Waals surface area contributed by atoms with Gasteiger partial charge in [0.1, 0.15) is 6.61 Å². The molecule has 4 rings (SSSR count). The van der Waals surface area contributed by atoms with E-state index in [1.807, 2.05) is 38.1 Å². The Morgan fingerprint density at radius 1 is 1.00 bits per heavy atom. The molecule has 0 heterocycles. The van der Waals surface area contributed by atoms with Crippen LogP contribution < -0.4 is 10.6 Å². The maximum absolute atomic E-state index is 12.7. The third-order valence-electron chi connectivity index (χ3n) is 7.39. The fourth-order valence-corrected chi connectivity index (χ4v) is 5.37. The van der Waals surface area contributed by atoms with E-state index in [1.165, 1.54) is 11.1 Å². The van der Waals surface area contributed by atoms with Crippen molar-refractivity contribution in [3.8, 4) is 11.1 Å². The molecule has 0 radical (unpaired) electrons. The van der Waals surface area contributed by atoms with Crippen molar-refractivity contribution in [3.05, 3.63) is 59.7 Å². The predicted octanol–water partition coefficient (Wildman–Crippen LogP) is 4.56. The second-order valence-corrected chi connectivity index (χ2v) is 9.96. The van der Waals surface area contributed by atoms with Crippen molar-refractivity contribution in [1.29, 1.82) is 0 Å². The molecule has 2 amide bonds. The number of aliphatic carboxylic acids is 1. The lowest BCUT2D eigenvalue weighted by Crippen LogP contribution is -2.43. The van der Waals surface area contributed by atoms with E-state index in [2.05, 4.69) is 34.9 Å². The van der Waals surface area contributed by atoms with E-state index in [-0.39, 0.29) is 42.7 Å². The summed E-state index contributed by atoms with van der Waals surface area (Å²) in [6, 6.07) is 16.0. The Bertz CT molecular complexity index is 1040. The van der Waals surface area contributed by atoms with Gasteiger partial charge >= 0.3 is 12.1 Å². The van der Waals surface area contributed by atoms with Crippen molar-refractivity contribution < 1.29 is 24.2 Å². The summed E-state index contributed by atoms with van der Waals surface area (Å²) in [6.45, 7) is 4.46. The van der Waals surface area contributed by atoms with Gasteiger partial charge in [-0.1, -0.05) is 68.8 Å². The zero-order chi connectivity index (χ0) is 24.9. The average Bonchev–Trinajstić information content (AvgIpc) is 3.44. The van der Waals surface area contributed by atoms with Crippen molar-refractivity contribution in [2.24, 2.45) is 17.8 Å². The van der Waals surface area contributed by atoms with E-state index in [4.69, 9.17) is 4.74 Å². The molecule has 7 heteroatoms. The molecule has 3 N–H and O–H groups in total. The van der Waals surface area contributed by atoms with Crippen LogP contribution in [0.5, 0.6) is 0 Å². The van der Waals surface area contributed by atoms with Crippen LogP contribution in [0.15, 0.2) is 48.5 Å². The van der Waals surface area contributed by atoms with E-state index >= 15 is 0 Å². The highest BCUT2D eigenvalue weighted by Gasteiger charge is 2.33. The molecule has 35 heavy (non-hydrogen) atoms. The van der Waals surface area contributed by atoms with Crippen molar-refractivity contribution >= 4 is 18.0 Å². The van der Waals surface area contributed by atoms with E-state index < -0.39 is 18.0 Å². The summed E-state index contributed by atoms with van der Waals surface area (Å²) < 4.78 is 5.64. The number of fused-ring (bicyclic) bond motifs is 3. The first-order valence-corrected chi connectivity index (χ1v) is 12.5. The lowest BCUT2D eigenvalue weighted by Gasteiger charge is -2.23. The molecule has 0 bridgehead atoms. The highest BCUT2D eigenvalue weighted by atomic mass is 16.5. The van der Waals surface area contributed by atoms with Crippen LogP contribution >= 0.6 is 0 Å². The quantitative estimate of drug-likeness (QED) is 0.490. The van der Waals surface area contributed by atoms with Gasteiger partial charge in [0.05, 0.1) is 5.92 Å². The number of ether oxygens (including phenoxy) is 1. The third kappa shape index (κ3) is 5.66. The number of benzene rings is 2. The lowest BCUT2D eigenvalue weighted by molar-refractivity contribution is -0.143. The van der Waals surface area contributed by atoms with Crippen LogP contribution in [0, 0.1) is 17.8 Å². The number of carbonyl (C=O) groups is 3. The van der Waals surface area contributed by atoms with Crippen LogP contribution in [0.25, 0.3) is 11.1 Å². The molecular formula is C28H34N2O5. The van der Waals surface area contributed by atoms with Crippen LogP contribution in [0.3, 0.4) is 0 Å². The number of nitrogens with one attached hydrogen (secondary N) is 2. The Morgan fingerprint density at radius 3 is 2.23 bits per heavy atom. The molecular weight excluding hydrogens is 444 g/mol. The van der Waals surface area contributed by atoms with Crippen LogP contribution in [0.4, 0.5) is 4.79 Å². The average molecular weight is 479 g/mol. The van der Waals surface area contributed by atoms with Gasteiger partial charge in [-0.05, 0) is 46.9 Å². The zero-order valence-electron chi connectivity index (χ0n) is 20.3. The Kier molecular flexibility index (Phi) is 7.73. The molecule has 3 atom stereocenters. The number of rotatable bonds is 9. The highest BCUT2D eigenvalue weighted by molar-refractivity contribution is 5.80. The van der Waals surface area contributed by atoms with Crippen LogP contribution in [0.2, 0.25) is 0 Å². The molecule has 1 fully saturated rings. The van der Waals surface area contributed by atoms with Gasteiger partial charge in [0.25, 0.3) is 0 Å². The number of hydrogen-bond acceptors (Lipinski definition) is 4. The summed E-state index contributed by atoms with van der Waals surface area (Å²) in [6.07, 6.45) is 1.92. The van der Waals surface area contributed by atoms with Crippen LogP contribution in [0.1, 0.15) is 56.6 Å². The minimum atomic E-state index is -0.793. The molecule has 0 saturated heterocycles. The largest absolute Gasteiger partial charge is 0.481 e. The normalized spacial score (nSPS) is 19.6. The number of carboxylic acids is 1. The molecule has 2 unspecified atom stereocenters. The van der Waals surface area contributed by atoms with Gasteiger partial charge in [-0.25, -0.2) is 4.79 Å². The molecule has 2 aromatic carbocycles. The van der Waals surface area contributed by atoms with E-state index in [0.717, 1.165) is 24.0 Å². The van der Waals surface area contributed by atoms with Gasteiger partial charge < -0.3 is 20.5 Å². The second kappa shape index (κ2) is 10.9. The van der Waals surface area contributed by atoms with Gasteiger partial charge in [0, 0.05) is 24.9 Å². The fraction of sp³-hybridized carbons (Fsp3) is 0.464. The van der Waals surface area contributed by atoms with Gasteiger partial charge in [-0.15, -0.1) is 0 Å². The number of amides is 2. The smallest absolute Gasteiger partial charge is 0.407 e. The molecule has 0 aliphatic heterocycles. The number of carbonyl (C=O) groups excluding carboxylic acids is 2. The summed E-state index contributed by atoms with van der Waals surface area (Å²) in [5.41, 5.74) is 4.63. The highest BCUT2D eigenvalue weighted by Crippen LogP contribution is 2.44. The fourth-order valence-electron chi connectivity index (χ4n) is 5.37. The second-order valence-electron chi connectivity index (χ2n) is 9.96. The summed E-state index contributed by atoms with van der Waals surface area (Å²) in [5, 5.41) is 15.1. The van der Waals surface area contributed by atoms with Crippen LogP contribution in [-0.4, -0.2) is 42.3 Å². The number of alkyl carbamates (subject to hydrolysis) is 1. The van der Waals surface area contributed by atoms with Crippen molar-refractivity contribution in [1.82, 2.24) is 10.6 Å². The SMILES string of the molecule is CC(C)[C@@H](CC(=O)NCC1CCCC1C(=O)O)NC(=O)OCC1c2ccccc2-c2ccccc21. The van der Waals surface area contributed by atoms with E-state index in [1.54, 1.807) is 0 Å². The molecule has 1 saturated carbocycles. The van der Waals surface area contributed by atoms with Crippen LogP contribution in [-0.2, 0) is 14.3 Å². The molecule has 2 aliphatic rings. The monoisotopic (exact) mass is 478 g/mol. The van der Waals surface area contributed by atoms with Gasteiger partial charge in [-0.2, -0.15) is 0 Å². The van der Waals surface area contributed by atoms with Crippen molar-refractivity contribution in [2.45, 2.75) is 51.5 Å². The molecule has 7 nitrogen and oxygen atoms in total. The first kappa shape index (κ1) is 24.8. The first-order chi connectivity index (χ1) is 16.8. The molecule has 0 spiro atoms. The summed E-state index contributed by atoms with van der Waals surface area (Å²) >= 11 is 0. The van der Waals surface area contributed by atoms with Gasteiger partial charge in [0.15, 0.2) is 0 Å². The molecule has 0 aromatic heterocycles.